The largest absolute Gasteiger partial charge is 0.508 e. The number of benzene rings is 4. The molecule has 0 saturated carbocycles. The van der Waals surface area contributed by atoms with Gasteiger partial charge in [0.05, 0.1) is 0 Å². The van der Waals surface area contributed by atoms with Crippen LogP contribution in [0.5, 0.6) is 23.0 Å². The Morgan fingerprint density at radius 1 is 0.462 bits per heavy atom. The summed E-state index contributed by atoms with van der Waals surface area (Å²) in [5, 5.41) is 38.9. The molecule has 0 aliphatic rings. The van der Waals surface area contributed by atoms with Gasteiger partial charge in [-0.2, -0.15) is 0 Å². The van der Waals surface area contributed by atoms with Crippen LogP contribution >= 0.6 is 0 Å². The molecular weight excluding hydrogens is 484 g/mol. The Morgan fingerprint density at radius 2 is 0.769 bits per heavy atom. The van der Waals surface area contributed by atoms with Crippen LogP contribution in [-0.4, -0.2) is 20.4 Å². The second-order valence-electron chi connectivity index (χ2n) is 10.0. The zero-order valence-corrected chi connectivity index (χ0v) is 23.8. The first kappa shape index (κ1) is 29.6. The first-order valence-corrected chi connectivity index (χ1v) is 14.0. The molecule has 0 radical (unpaired) electrons. The van der Waals surface area contributed by atoms with Crippen molar-refractivity contribution in [3.63, 3.8) is 0 Å². The van der Waals surface area contributed by atoms with Crippen molar-refractivity contribution < 1.29 is 20.4 Å². The van der Waals surface area contributed by atoms with Crippen molar-refractivity contribution in [2.45, 2.75) is 72.6 Å². The second-order valence-corrected chi connectivity index (χ2v) is 10.0. The lowest BCUT2D eigenvalue weighted by molar-refractivity contribution is 0.467. The zero-order valence-electron chi connectivity index (χ0n) is 23.8. The lowest BCUT2D eigenvalue weighted by Gasteiger charge is -2.16. The SMILES string of the molecule is CCc1cc(C(C)c2ccc(O)c(CC)c2)ccc1O.CCc1cc(Cc2ccc(O)c(CC)c2)ccc1O. The van der Waals surface area contributed by atoms with E-state index in [1.54, 1.807) is 24.3 Å². The van der Waals surface area contributed by atoms with E-state index in [-0.39, 0.29) is 5.92 Å². The van der Waals surface area contributed by atoms with Crippen molar-refractivity contribution in [3.05, 3.63) is 117 Å². The molecule has 4 aromatic carbocycles. The first-order valence-electron chi connectivity index (χ1n) is 14.0. The molecular formula is C35H42O4. The predicted molar refractivity (Wildman–Crippen MR) is 160 cm³/mol. The van der Waals surface area contributed by atoms with Crippen LogP contribution in [0.15, 0.2) is 72.8 Å². The minimum Gasteiger partial charge on any atom is -0.508 e. The molecule has 0 spiro atoms. The molecule has 0 saturated heterocycles. The van der Waals surface area contributed by atoms with Gasteiger partial charge in [-0.25, -0.2) is 0 Å². The van der Waals surface area contributed by atoms with Gasteiger partial charge >= 0.3 is 0 Å². The van der Waals surface area contributed by atoms with E-state index >= 15 is 0 Å². The molecule has 0 heterocycles. The van der Waals surface area contributed by atoms with Gasteiger partial charge in [0.25, 0.3) is 0 Å². The van der Waals surface area contributed by atoms with Crippen molar-refractivity contribution in [1.29, 1.82) is 0 Å². The minimum absolute atomic E-state index is 0.242. The lowest BCUT2D eigenvalue weighted by atomic mass is 9.90. The molecule has 4 N–H and O–H groups in total. The maximum Gasteiger partial charge on any atom is 0.118 e. The summed E-state index contributed by atoms with van der Waals surface area (Å²) in [5.41, 5.74) is 8.65. The van der Waals surface area contributed by atoms with E-state index in [1.165, 1.54) is 22.3 Å². The third kappa shape index (κ3) is 7.57. The summed E-state index contributed by atoms with van der Waals surface area (Å²) in [6.07, 6.45) is 4.12. The van der Waals surface area contributed by atoms with Gasteiger partial charge in [0.2, 0.25) is 0 Å². The molecule has 4 nitrogen and oxygen atoms in total. The average Bonchev–Trinajstić information content (AvgIpc) is 2.95. The lowest BCUT2D eigenvalue weighted by Crippen LogP contribution is -1.98. The van der Waals surface area contributed by atoms with Crippen LogP contribution in [-0.2, 0) is 32.1 Å². The van der Waals surface area contributed by atoms with Crippen LogP contribution in [0.3, 0.4) is 0 Å². The predicted octanol–water partition coefficient (Wildman–Crippen LogP) is 8.19. The standard InChI is InChI=1S/C18H22O2.C17H20O2/c1-4-13-10-15(6-8-17(13)19)12(3)16-7-9-18(20)14(5-2)11-16;1-3-14-10-12(5-7-16(14)18)9-13-6-8-17(19)15(4-2)11-13/h6-12,19-20H,4-5H2,1-3H3;5-8,10-11,18-19H,3-4,9H2,1-2H3. The number of rotatable bonds is 8. The number of phenolic OH excluding ortho intramolecular Hbond substituents is 4. The Labute approximate surface area is 233 Å². The molecule has 0 aliphatic heterocycles. The Balaban J connectivity index is 0.000000216. The number of aryl methyl sites for hydroxylation is 4. The normalized spacial score (nSPS) is 10.8. The van der Waals surface area contributed by atoms with Gasteiger partial charge in [0.1, 0.15) is 23.0 Å². The Morgan fingerprint density at radius 3 is 1.10 bits per heavy atom. The third-order valence-corrected chi connectivity index (χ3v) is 7.43. The zero-order chi connectivity index (χ0) is 28.5. The molecule has 4 heteroatoms. The fourth-order valence-corrected chi connectivity index (χ4v) is 4.81. The Hall–Kier alpha value is -3.92. The van der Waals surface area contributed by atoms with Gasteiger partial charge in [-0.1, -0.05) is 83.1 Å². The van der Waals surface area contributed by atoms with E-state index in [0.29, 0.717) is 23.0 Å². The van der Waals surface area contributed by atoms with Gasteiger partial charge in [-0.3, -0.25) is 0 Å². The summed E-state index contributed by atoms with van der Waals surface area (Å²) in [6, 6.07) is 23.1. The van der Waals surface area contributed by atoms with Gasteiger partial charge in [0.15, 0.2) is 0 Å². The van der Waals surface area contributed by atoms with E-state index in [4.69, 9.17) is 0 Å². The second kappa shape index (κ2) is 13.7. The van der Waals surface area contributed by atoms with E-state index in [0.717, 1.165) is 54.4 Å². The third-order valence-electron chi connectivity index (χ3n) is 7.43. The van der Waals surface area contributed by atoms with Crippen molar-refractivity contribution in [2.24, 2.45) is 0 Å². The van der Waals surface area contributed by atoms with Gasteiger partial charge < -0.3 is 20.4 Å². The van der Waals surface area contributed by atoms with Crippen LogP contribution in [0.25, 0.3) is 0 Å². The van der Waals surface area contributed by atoms with Gasteiger partial charge in [-0.05, 0) is 101 Å². The molecule has 4 aromatic rings. The van der Waals surface area contributed by atoms with Crippen LogP contribution in [0.1, 0.15) is 85.0 Å². The number of aromatic hydroxyl groups is 4. The highest BCUT2D eigenvalue weighted by molar-refractivity contribution is 5.44. The monoisotopic (exact) mass is 526 g/mol. The van der Waals surface area contributed by atoms with Crippen LogP contribution in [0.2, 0.25) is 0 Å². The van der Waals surface area contributed by atoms with Crippen LogP contribution in [0.4, 0.5) is 0 Å². The number of hydrogen-bond acceptors (Lipinski definition) is 4. The van der Waals surface area contributed by atoms with Crippen molar-refractivity contribution in [2.75, 3.05) is 0 Å². The molecule has 0 aromatic heterocycles. The molecule has 206 valence electrons. The summed E-state index contributed by atoms with van der Waals surface area (Å²) >= 11 is 0. The van der Waals surface area contributed by atoms with E-state index in [9.17, 15) is 20.4 Å². The topological polar surface area (TPSA) is 80.9 Å². The van der Waals surface area contributed by atoms with E-state index in [1.807, 2.05) is 64.1 Å². The average molecular weight is 527 g/mol. The number of phenols is 4. The molecule has 4 rings (SSSR count). The van der Waals surface area contributed by atoms with Crippen molar-refractivity contribution in [3.8, 4) is 23.0 Å². The van der Waals surface area contributed by atoms with Gasteiger partial charge in [0, 0.05) is 5.92 Å². The molecule has 0 bridgehead atoms. The highest BCUT2D eigenvalue weighted by Crippen LogP contribution is 2.31. The summed E-state index contributed by atoms with van der Waals surface area (Å²) < 4.78 is 0. The molecule has 0 aliphatic carbocycles. The Kier molecular flexibility index (Phi) is 10.4. The van der Waals surface area contributed by atoms with Gasteiger partial charge in [-0.15, -0.1) is 0 Å². The smallest absolute Gasteiger partial charge is 0.118 e. The minimum atomic E-state index is 0.242. The fraction of sp³-hybridized carbons (Fsp3) is 0.314. The van der Waals surface area contributed by atoms with Crippen LogP contribution in [0, 0.1) is 0 Å². The number of hydrogen-bond donors (Lipinski definition) is 4. The summed E-state index contributed by atoms with van der Waals surface area (Å²) in [7, 11) is 0. The van der Waals surface area contributed by atoms with Crippen LogP contribution < -0.4 is 0 Å². The van der Waals surface area contributed by atoms with Crippen molar-refractivity contribution >= 4 is 0 Å². The highest BCUT2D eigenvalue weighted by atomic mass is 16.3. The maximum absolute atomic E-state index is 9.77. The molecule has 0 fully saturated rings. The summed E-state index contributed by atoms with van der Waals surface area (Å²) in [6.45, 7) is 10.3. The van der Waals surface area contributed by atoms with Crippen molar-refractivity contribution in [1.82, 2.24) is 0 Å². The molecule has 39 heavy (non-hydrogen) atoms. The summed E-state index contributed by atoms with van der Waals surface area (Å²) in [4.78, 5) is 0. The first-order chi connectivity index (χ1) is 18.7. The molecule has 0 unspecified atom stereocenters. The summed E-state index contributed by atoms with van der Waals surface area (Å²) in [5.74, 6) is 1.70. The molecule has 0 atom stereocenters. The highest BCUT2D eigenvalue weighted by Gasteiger charge is 2.12. The van der Waals surface area contributed by atoms with E-state index < -0.39 is 0 Å². The quantitative estimate of drug-likeness (QED) is 0.187. The fourth-order valence-electron chi connectivity index (χ4n) is 4.81. The van der Waals surface area contributed by atoms with E-state index in [2.05, 4.69) is 19.1 Å². The Bertz CT molecular complexity index is 1280. The molecule has 0 amide bonds. The maximum atomic E-state index is 9.77.